The summed E-state index contributed by atoms with van der Waals surface area (Å²) >= 11 is 12.1. The molecule has 1 saturated heterocycles. The van der Waals surface area contributed by atoms with Crippen molar-refractivity contribution in [3.05, 3.63) is 46.3 Å². The van der Waals surface area contributed by atoms with Crippen molar-refractivity contribution < 1.29 is 13.2 Å². The minimum Gasteiger partial charge on any atom is -0.349 e. The normalized spacial score (nSPS) is 19.6. The van der Waals surface area contributed by atoms with Crippen LogP contribution in [-0.4, -0.2) is 47.3 Å². The molecule has 1 N–H and O–H groups in total. The number of nitrogens with zero attached hydrogens (tertiary/aromatic N) is 3. The maximum Gasteiger partial charge on any atom is 0.262 e. The highest BCUT2D eigenvalue weighted by Gasteiger charge is 2.44. The van der Waals surface area contributed by atoms with E-state index in [1.165, 1.54) is 16.8 Å². The van der Waals surface area contributed by atoms with E-state index in [9.17, 15) is 13.2 Å². The summed E-state index contributed by atoms with van der Waals surface area (Å²) in [6.07, 6.45) is 7.29. The van der Waals surface area contributed by atoms with E-state index in [2.05, 4.69) is 10.3 Å². The third kappa shape index (κ3) is 4.23. The first kappa shape index (κ1) is 21.6. The Morgan fingerprint density at radius 3 is 2.50 bits per heavy atom. The number of carbonyl (C=O) groups is 1. The lowest BCUT2D eigenvalue weighted by atomic mass is 9.83. The molecule has 0 radical (unpaired) electrons. The van der Waals surface area contributed by atoms with Crippen LogP contribution in [0.25, 0.3) is 0 Å². The Morgan fingerprint density at radius 2 is 1.90 bits per heavy atom. The molecule has 2 aromatic rings. The van der Waals surface area contributed by atoms with Crippen molar-refractivity contribution in [2.24, 2.45) is 18.9 Å². The number of aryl methyl sites for hydroxylation is 1. The molecule has 1 amide bonds. The number of hydrogen-bond acceptors (Lipinski definition) is 4. The topological polar surface area (TPSA) is 84.3 Å². The summed E-state index contributed by atoms with van der Waals surface area (Å²) in [6, 6.07) is 4.71. The molecular formula is C20H24Cl2N4O3S. The fraction of sp³-hybridized carbons (Fsp3) is 0.500. The van der Waals surface area contributed by atoms with Crippen molar-refractivity contribution in [2.45, 2.75) is 36.8 Å². The fourth-order valence-electron chi connectivity index (χ4n) is 4.39. The predicted molar refractivity (Wildman–Crippen MR) is 115 cm³/mol. The molecule has 1 aromatic heterocycles. The van der Waals surface area contributed by atoms with E-state index in [1.54, 1.807) is 29.8 Å². The number of benzene rings is 1. The van der Waals surface area contributed by atoms with Gasteiger partial charge in [0.25, 0.3) is 15.9 Å². The first-order chi connectivity index (χ1) is 14.3. The summed E-state index contributed by atoms with van der Waals surface area (Å²) in [6.45, 7) is 0.739. The Kier molecular flexibility index (Phi) is 6.12. The SMILES string of the molecule is Cn1cnc(S(=O)(=O)N2CC(C(NC(=O)c3ccc(Cl)cc3Cl)C3CCCC3)C2)c1. The standard InChI is InChI=1S/C20H24Cl2N4O3S/c1-25-11-18(23-12-25)30(28,29)26-9-14(10-26)19(13-4-2-3-5-13)24-20(27)16-7-6-15(21)8-17(16)22/h6-8,11-14,19H,2-5,9-10H2,1H3,(H,24,27). The van der Waals surface area contributed by atoms with Crippen LogP contribution in [0.1, 0.15) is 36.0 Å². The second-order valence-corrected chi connectivity index (χ2v) is 10.9. The predicted octanol–water partition coefficient (Wildman–Crippen LogP) is 3.34. The molecule has 1 atom stereocenters. The van der Waals surface area contributed by atoms with Crippen LogP contribution >= 0.6 is 23.2 Å². The summed E-state index contributed by atoms with van der Waals surface area (Å²) in [5.74, 6) is 0.144. The molecule has 162 valence electrons. The number of rotatable bonds is 6. The second kappa shape index (κ2) is 8.49. The van der Waals surface area contributed by atoms with E-state index in [-0.39, 0.29) is 22.9 Å². The maximum absolute atomic E-state index is 12.9. The molecule has 2 fully saturated rings. The fourth-order valence-corrected chi connectivity index (χ4v) is 6.40. The number of carbonyl (C=O) groups excluding carboxylic acids is 1. The first-order valence-electron chi connectivity index (χ1n) is 10.00. The summed E-state index contributed by atoms with van der Waals surface area (Å²) in [5.41, 5.74) is 0.376. The van der Waals surface area contributed by atoms with Crippen LogP contribution in [0.15, 0.2) is 35.7 Å². The number of halogens is 2. The number of nitrogens with one attached hydrogen (secondary N) is 1. The van der Waals surface area contributed by atoms with Crippen molar-refractivity contribution in [1.29, 1.82) is 0 Å². The average Bonchev–Trinajstić information content (AvgIpc) is 3.31. The van der Waals surface area contributed by atoms with Gasteiger partial charge in [-0.15, -0.1) is 0 Å². The Bertz CT molecular complexity index is 1040. The molecule has 4 rings (SSSR count). The monoisotopic (exact) mass is 470 g/mol. The van der Waals surface area contributed by atoms with E-state index >= 15 is 0 Å². The number of imidazole rings is 1. The van der Waals surface area contributed by atoms with Gasteiger partial charge in [0, 0.05) is 43.3 Å². The Morgan fingerprint density at radius 1 is 1.20 bits per heavy atom. The van der Waals surface area contributed by atoms with Crippen molar-refractivity contribution in [2.75, 3.05) is 13.1 Å². The van der Waals surface area contributed by atoms with Crippen molar-refractivity contribution in [1.82, 2.24) is 19.2 Å². The molecule has 1 saturated carbocycles. The van der Waals surface area contributed by atoms with Gasteiger partial charge in [0.15, 0.2) is 5.03 Å². The van der Waals surface area contributed by atoms with Gasteiger partial charge in [0.1, 0.15) is 0 Å². The van der Waals surface area contributed by atoms with Gasteiger partial charge in [0.2, 0.25) is 0 Å². The zero-order chi connectivity index (χ0) is 21.5. The van der Waals surface area contributed by atoms with Gasteiger partial charge in [-0.05, 0) is 37.0 Å². The van der Waals surface area contributed by atoms with Crippen LogP contribution in [0, 0.1) is 11.8 Å². The summed E-state index contributed by atoms with van der Waals surface area (Å²) in [5, 5.41) is 3.97. The van der Waals surface area contributed by atoms with Crippen molar-refractivity contribution in [3.63, 3.8) is 0 Å². The minimum atomic E-state index is -3.61. The van der Waals surface area contributed by atoms with Crippen LogP contribution in [-0.2, 0) is 17.1 Å². The van der Waals surface area contributed by atoms with Gasteiger partial charge in [-0.25, -0.2) is 13.4 Å². The van der Waals surface area contributed by atoms with Crippen LogP contribution in [0.3, 0.4) is 0 Å². The van der Waals surface area contributed by atoms with E-state index < -0.39 is 10.0 Å². The highest BCUT2D eigenvalue weighted by molar-refractivity contribution is 7.89. The molecule has 10 heteroatoms. The van der Waals surface area contributed by atoms with Gasteiger partial charge in [-0.2, -0.15) is 4.31 Å². The first-order valence-corrected chi connectivity index (χ1v) is 12.2. The summed E-state index contributed by atoms with van der Waals surface area (Å²) in [7, 11) is -1.88. The van der Waals surface area contributed by atoms with Crippen LogP contribution < -0.4 is 5.32 Å². The molecule has 30 heavy (non-hydrogen) atoms. The molecule has 0 spiro atoms. The van der Waals surface area contributed by atoms with Gasteiger partial charge in [-0.3, -0.25) is 4.79 Å². The maximum atomic E-state index is 12.9. The number of hydrogen-bond donors (Lipinski definition) is 1. The van der Waals surface area contributed by atoms with E-state index in [4.69, 9.17) is 23.2 Å². The highest BCUT2D eigenvalue weighted by Crippen LogP contribution is 2.36. The van der Waals surface area contributed by atoms with Gasteiger partial charge >= 0.3 is 0 Å². The van der Waals surface area contributed by atoms with Crippen molar-refractivity contribution >= 4 is 39.1 Å². The number of amides is 1. The van der Waals surface area contributed by atoms with E-state index in [0.29, 0.717) is 34.6 Å². The molecule has 2 aliphatic rings. The van der Waals surface area contributed by atoms with Crippen LogP contribution in [0.5, 0.6) is 0 Å². The lowest BCUT2D eigenvalue weighted by Gasteiger charge is -2.44. The number of sulfonamides is 1. The molecule has 0 bridgehead atoms. The zero-order valence-corrected chi connectivity index (χ0v) is 18.9. The second-order valence-electron chi connectivity index (χ2n) is 8.13. The molecule has 7 nitrogen and oxygen atoms in total. The van der Waals surface area contributed by atoms with Crippen molar-refractivity contribution in [3.8, 4) is 0 Å². The lowest BCUT2D eigenvalue weighted by Crippen LogP contribution is -2.60. The average molecular weight is 471 g/mol. The Hall–Kier alpha value is -1.61. The molecule has 2 heterocycles. The highest BCUT2D eigenvalue weighted by atomic mass is 35.5. The summed E-state index contributed by atoms with van der Waals surface area (Å²) in [4.78, 5) is 16.9. The molecule has 1 aliphatic carbocycles. The Labute approximate surface area is 186 Å². The van der Waals surface area contributed by atoms with E-state index in [1.807, 2.05) is 0 Å². The largest absolute Gasteiger partial charge is 0.349 e. The third-order valence-corrected chi connectivity index (χ3v) is 8.32. The smallest absolute Gasteiger partial charge is 0.262 e. The quantitative estimate of drug-likeness (QED) is 0.701. The zero-order valence-electron chi connectivity index (χ0n) is 16.6. The molecular weight excluding hydrogens is 447 g/mol. The molecule has 1 aromatic carbocycles. The van der Waals surface area contributed by atoms with Gasteiger partial charge < -0.3 is 9.88 Å². The van der Waals surface area contributed by atoms with Crippen LogP contribution in [0.2, 0.25) is 10.0 Å². The van der Waals surface area contributed by atoms with Gasteiger partial charge in [-0.1, -0.05) is 36.0 Å². The lowest BCUT2D eigenvalue weighted by molar-refractivity contribution is 0.0804. The minimum absolute atomic E-state index is 0.0536. The van der Waals surface area contributed by atoms with Gasteiger partial charge in [0.05, 0.1) is 16.9 Å². The molecule has 1 aliphatic heterocycles. The Balaban J connectivity index is 1.48. The van der Waals surface area contributed by atoms with E-state index in [0.717, 1.165) is 25.7 Å². The van der Waals surface area contributed by atoms with Crippen LogP contribution in [0.4, 0.5) is 0 Å². The summed E-state index contributed by atoms with van der Waals surface area (Å²) < 4.78 is 28.6. The molecule has 1 unspecified atom stereocenters. The number of aromatic nitrogens is 2. The third-order valence-electron chi connectivity index (χ3n) is 6.05.